The molecule has 1 unspecified atom stereocenters. The van der Waals surface area contributed by atoms with Crippen LogP contribution in [-0.4, -0.2) is 51.6 Å². The minimum atomic E-state index is -2.63. The van der Waals surface area contributed by atoms with E-state index in [2.05, 4.69) is 20.6 Å². The molecule has 2 aliphatic carbocycles. The lowest BCUT2D eigenvalue weighted by molar-refractivity contribution is -0.0796. The van der Waals surface area contributed by atoms with Crippen molar-refractivity contribution in [2.45, 2.75) is 50.7 Å². The van der Waals surface area contributed by atoms with Crippen molar-refractivity contribution < 1.29 is 18.3 Å². The fourth-order valence-corrected chi connectivity index (χ4v) is 8.27. The van der Waals surface area contributed by atoms with Gasteiger partial charge in [0.25, 0.3) is 5.91 Å². The molecule has 220 valence electrons. The van der Waals surface area contributed by atoms with Gasteiger partial charge in [0.1, 0.15) is 11.5 Å². The van der Waals surface area contributed by atoms with Gasteiger partial charge in [-0.2, -0.15) is 0 Å². The number of nitrogens with zero attached hydrogens (tertiary/aromatic N) is 3. The fourth-order valence-electron chi connectivity index (χ4n) is 6.15. The van der Waals surface area contributed by atoms with Crippen LogP contribution in [0.4, 0.5) is 5.13 Å². The largest absolute Gasteiger partial charge is 0.373 e. The molecule has 2 saturated carbocycles. The van der Waals surface area contributed by atoms with Gasteiger partial charge in [0, 0.05) is 51.7 Å². The molecule has 2 aromatic heterocycles. The monoisotopic (exact) mass is 644 g/mol. The van der Waals surface area contributed by atoms with Gasteiger partial charge >= 0.3 is 0 Å². The van der Waals surface area contributed by atoms with Crippen molar-refractivity contribution in [2.24, 2.45) is 5.41 Å². The standard InChI is InChI=1S/C30H30Cl2N4O4S2/c1-42(2,38)35-28(37)18-8-9-23-24(12-18)41-29(33-23)36-11-10-30(16-36)13-19(14-30)39-15-20-26(34-40-27(20)17-6-7-17)25-21(31)4-3-5-22(25)32/h3-5,8-9,12,17,19H,1,6-7,10-11,13-16H2,2H3,(H,35,37,38). The Labute approximate surface area is 258 Å². The minimum Gasteiger partial charge on any atom is -0.373 e. The van der Waals surface area contributed by atoms with Crippen molar-refractivity contribution in [1.82, 2.24) is 14.9 Å². The lowest BCUT2D eigenvalue weighted by Crippen LogP contribution is -2.44. The zero-order chi connectivity index (χ0) is 29.2. The highest BCUT2D eigenvalue weighted by atomic mass is 35.5. The summed E-state index contributed by atoms with van der Waals surface area (Å²) in [5.74, 6) is 4.39. The summed E-state index contributed by atoms with van der Waals surface area (Å²) in [6.45, 7) is 2.29. The van der Waals surface area contributed by atoms with Gasteiger partial charge in [-0.05, 0) is 73.7 Å². The van der Waals surface area contributed by atoms with E-state index >= 15 is 0 Å². The van der Waals surface area contributed by atoms with E-state index in [0.29, 0.717) is 39.4 Å². The van der Waals surface area contributed by atoms with Gasteiger partial charge in [-0.3, -0.25) is 9.52 Å². The molecule has 2 aromatic carbocycles. The summed E-state index contributed by atoms with van der Waals surface area (Å²) in [5.41, 5.74) is 3.85. The van der Waals surface area contributed by atoms with Crippen molar-refractivity contribution in [3.63, 3.8) is 0 Å². The number of halogens is 2. The molecule has 0 bridgehead atoms. The lowest BCUT2D eigenvalue weighted by atomic mass is 9.66. The van der Waals surface area contributed by atoms with E-state index in [1.165, 1.54) is 6.26 Å². The van der Waals surface area contributed by atoms with Crippen LogP contribution < -0.4 is 9.62 Å². The second kappa shape index (κ2) is 10.5. The quantitative estimate of drug-likeness (QED) is 0.213. The molecule has 1 N–H and O–H groups in total. The number of hydrogen-bond acceptors (Lipinski definition) is 8. The van der Waals surface area contributed by atoms with Crippen LogP contribution in [0.1, 0.15) is 59.7 Å². The van der Waals surface area contributed by atoms with Gasteiger partial charge in [0.15, 0.2) is 5.13 Å². The van der Waals surface area contributed by atoms with Crippen molar-refractivity contribution in [3.05, 3.63) is 63.3 Å². The number of carbonyl (C=O) groups excluding carboxylic acids is 1. The highest BCUT2D eigenvalue weighted by Gasteiger charge is 2.49. The highest BCUT2D eigenvalue weighted by Crippen LogP contribution is 2.52. The molecule has 7 rings (SSSR count). The molecule has 1 saturated heterocycles. The molecule has 1 atom stereocenters. The normalized spacial score (nSPS) is 23.3. The Balaban J connectivity index is 1.00. The predicted molar refractivity (Wildman–Crippen MR) is 169 cm³/mol. The van der Waals surface area contributed by atoms with Crippen LogP contribution in [-0.2, 0) is 21.1 Å². The summed E-state index contributed by atoms with van der Waals surface area (Å²) in [6, 6.07) is 10.8. The number of rotatable bonds is 8. The molecular formula is C30H30Cl2N4O4S2. The number of fused-ring (bicyclic) bond motifs is 1. The molecule has 42 heavy (non-hydrogen) atoms. The Morgan fingerprint density at radius 1 is 1.26 bits per heavy atom. The third kappa shape index (κ3) is 5.43. The molecule has 12 heteroatoms. The molecule has 0 radical (unpaired) electrons. The number of amides is 1. The average molecular weight is 646 g/mol. The predicted octanol–water partition coefficient (Wildman–Crippen LogP) is 6.70. The van der Waals surface area contributed by atoms with Crippen molar-refractivity contribution in [3.8, 4) is 11.3 Å². The molecule has 8 nitrogen and oxygen atoms in total. The first-order chi connectivity index (χ1) is 20.1. The van der Waals surface area contributed by atoms with E-state index in [4.69, 9.17) is 37.4 Å². The van der Waals surface area contributed by atoms with Crippen molar-refractivity contribution in [1.29, 1.82) is 0 Å². The smallest absolute Gasteiger partial charge is 0.262 e. The Bertz CT molecular complexity index is 1790. The SMILES string of the molecule is C=S(C)(=O)NC(=O)c1ccc2nc(N3CCC4(CC(OCc5c(-c6c(Cl)cccc6Cl)noc5C5CC5)C4)C3)sc2c1. The van der Waals surface area contributed by atoms with E-state index in [1.807, 2.05) is 24.3 Å². The van der Waals surface area contributed by atoms with Gasteiger partial charge in [-0.15, -0.1) is 0 Å². The van der Waals surface area contributed by atoms with Gasteiger partial charge in [0.05, 0.1) is 33.0 Å². The lowest BCUT2D eigenvalue weighted by Gasteiger charge is -2.44. The Kier molecular flexibility index (Phi) is 7.05. The number of carbonyl (C=O) groups is 1. The number of hydrogen-bond donors (Lipinski definition) is 1. The molecule has 4 aromatic rings. The number of aromatic nitrogens is 2. The molecular weight excluding hydrogens is 615 g/mol. The molecule has 3 fully saturated rings. The highest BCUT2D eigenvalue weighted by molar-refractivity contribution is 7.98. The van der Waals surface area contributed by atoms with Gasteiger partial charge in [-0.25, -0.2) is 9.19 Å². The number of anilines is 1. The summed E-state index contributed by atoms with van der Waals surface area (Å²) in [5, 5.41) is 6.43. The number of nitrogens with one attached hydrogen (secondary N) is 1. The van der Waals surface area contributed by atoms with Crippen LogP contribution in [0.15, 0.2) is 40.9 Å². The van der Waals surface area contributed by atoms with E-state index in [1.54, 1.807) is 23.5 Å². The summed E-state index contributed by atoms with van der Waals surface area (Å²) in [7, 11) is -2.63. The molecule has 1 aliphatic heterocycles. The Hall–Kier alpha value is -2.63. The van der Waals surface area contributed by atoms with E-state index in [-0.39, 0.29) is 11.5 Å². The number of thiazole rings is 1. The number of ether oxygens (including phenoxy) is 1. The van der Waals surface area contributed by atoms with Gasteiger partial charge in [0.2, 0.25) is 0 Å². The summed E-state index contributed by atoms with van der Waals surface area (Å²) in [6.07, 6.45) is 6.83. The first kappa shape index (κ1) is 28.2. The van der Waals surface area contributed by atoms with Crippen LogP contribution >= 0.6 is 34.5 Å². The molecule has 1 amide bonds. The van der Waals surface area contributed by atoms with Crippen molar-refractivity contribution >= 4 is 71.4 Å². The van der Waals surface area contributed by atoms with Gasteiger partial charge in [-0.1, -0.05) is 45.8 Å². The van der Waals surface area contributed by atoms with E-state index in [9.17, 15) is 9.00 Å². The van der Waals surface area contributed by atoms with Crippen LogP contribution in [0.5, 0.6) is 0 Å². The average Bonchev–Trinajstić information content (AvgIpc) is 3.32. The molecule has 1 spiro atoms. The maximum atomic E-state index is 12.4. The van der Waals surface area contributed by atoms with Crippen LogP contribution in [0.2, 0.25) is 10.0 Å². The van der Waals surface area contributed by atoms with Crippen LogP contribution in [0.25, 0.3) is 21.5 Å². The third-order valence-electron chi connectivity index (χ3n) is 8.41. The van der Waals surface area contributed by atoms with E-state index in [0.717, 1.165) is 71.9 Å². The fraction of sp³-hybridized carbons (Fsp3) is 0.400. The minimum absolute atomic E-state index is 0.166. The summed E-state index contributed by atoms with van der Waals surface area (Å²) < 4.78 is 27.5. The zero-order valence-electron chi connectivity index (χ0n) is 23.0. The zero-order valence-corrected chi connectivity index (χ0v) is 26.2. The van der Waals surface area contributed by atoms with E-state index < -0.39 is 15.6 Å². The maximum absolute atomic E-state index is 12.4. The van der Waals surface area contributed by atoms with Crippen LogP contribution in [0.3, 0.4) is 0 Å². The third-order valence-corrected chi connectivity index (χ3v) is 10.7. The second-order valence-electron chi connectivity index (χ2n) is 11.9. The Morgan fingerprint density at radius 3 is 2.74 bits per heavy atom. The molecule has 3 heterocycles. The first-order valence-electron chi connectivity index (χ1n) is 13.9. The first-order valence-corrected chi connectivity index (χ1v) is 17.6. The van der Waals surface area contributed by atoms with Gasteiger partial charge < -0.3 is 14.2 Å². The number of benzene rings is 2. The maximum Gasteiger partial charge on any atom is 0.262 e. The summed E-state index contributed by atoms with van der Waals surface area (Å²) >= 11 is 14.6. The van der Waals surface area contributed by atoms with Crippen molar-refractivity contribution in [2.75, 3.05) is 24.2 Å². The summed E-state index contributed by atoms with van der Waals surface area (Å²) in [4.78, 5) is 19.6. The Morgan fingerprint density at radius 2 is 2.02 bits per heavy atom. The molecule has 3 aliphatic rings. The second-order valence-corrected chi connectivity index (χ2v) is 15.9. The topological polar surface area (TPSA) is 97.6 Å². The van der Waals surface area contributed by atoms with Crippen LogP contribution in [0, 0.1) is 5.41 Å².